The Morgan fingerprint density at radius 2 is 1.91 bits per heavy atom. The van der Waals surface area contributed by atoms with Gasteiger partial charge in [0.1, 0.15) is 5.76 Å². The van der Waals surface area contributed by atoms with Gasteiger partial charge in [-0.2, -0.15) is 0 Å². The highest BCUT2D eigenvalue weighted by Gasteiger charge is 2.24. The Bertz CT molecular complexity index is 1320. The van der Waals surface area contributed by atoms with Gasteiger partial charge in [-0.1, -0.05) is 42.0 Å². The summed E-state index contributed by atoms with van der Waals surface area (Å²) in [4.78, 5) is 19.6. The molecule has 1 amide bonds. The minimum atomic E-state index is -3.57. The van der Waals surface area contributed by atoms with E-state index in [1.54, 1.807) is 42.7 Å². The number of anilines is 1. The molecule has 0 unspecified atom stereocenters. The summed E-state index contributed by atoms with van der Waals surface area (Å²) in [7, 11) is -3.57. The van der Waals surface area contributed by atoms with E-state index in [-0.39, 0.29) is 29.5 Å². The van der Waals surface area contributed by atoms with Gasteiger partial charge in [0.25, 0.3) is 0 Å². The van der Waals surface area contributed by atoms with E-state index in [0.717, 1.165) is 22.2 Å². The zero-order valence-corrected chi connectivity index (χ0v) is 19.6. The van der Waals surface area contributed by atoms with Crippen molar-refractivity contribution in [3.63, 3.8) is 0 Å². The predicted octanol–water partition coefficient (Wildman–Crippen LogP) is 5.16. The van der Waals surface area contributed by atoms with Crippen molar-refractivity contribution in [3.05, 3.63) is 77.7 Å². The summed E-state index contributed by atoms with van der Waals surface area (Å²) in [5, 5.41) is 0.530. The first-order valence-corrected chi connectivity index (χ1v) is 12.8. The maximum Gasteiger partial charge on any atom is 0.230 e. The van der Waals surface area contributed by atoms with Crippen molar-refractivity contribution >= 4 is 42.4 Å². The van der Waals surface area contributed by atoms with Crippen LogP contribution in [-0.2, 0) is 27.6 Å². The van der Waals surface area contributed by atoms with E-state index in [4.69, 9.17) is 4.42 Å². The summed E-state index contributed by atoms with van der Waals surface area (Å²) in [6.07, 6.45) is 2.31. The maximum atomic E-state index is 13.2. The molecule has 0 aliphatic carbocycles. The number of fused-ring (bicyclic) bond motifs is 1. The van der Waals surface area contributed by atoms with Gasteiger partial charge in [0.15, 0.2) is 15.0 Å². The summed E-state index contributed by atoms with van der Waals surface area (Å²) >= 11 is 1.42. The number of thiazole rings is 1. The van der Waals surface area contributed by atoms with Gasteiger partial charge in [0.2, 0.25) is 5.91 Å². The summed E-state index contributed by atoms with van der Waals surface area (Å²) < 4.78 is 31.9. The number of carbonyl (C=O) groups excluding carboxylic acids is 1. The third-order valence-electron chi connectivity index (χ3n) is 5.24. The average Bonchev–Trinajstić information content (AvgIpc) is 3.45. The van der Waals surface area contributed by atoms with E-state index in [1.807, 2.05) is 19.1 Å². The molecule has 4 aromatic rings. The lowest BCUT2D eigenvalue weighted by Crippen LogP contribution is -2.31. The second-order valence-corrected chi connectivity index (χ2v) is 10.7. The molecule has 32 heavy (non-hydrogen) atoms. The van der Waals surface area contributed by atoms with Gasteiger partial charge in [-0.3, -0.25) is 9.69 Å². The molecule has 2 heterocycles. The molecule has 2 aromatic carbocycles. The Morgan fingerprint density at radius 3 is 2.59 bits per heavy atom. The lowest BCUT2D eigenvalue weighted by molar-refractivity contribution is -0.118. The van der Waals surface area contributed by atoms with E-state index in [9.17, 15) is 13.2 Å². The van der Waals surface area contributed by atoms with E-state index in [0.29, 0.717) is 10.9 Å². The first-order chi connectivity index (χ1) is 15.4. The number of aryl methyl sites for hydroxylation is 2. The first-order valence-electron chi connectivity index (χ1n) is 10.4. The minimum absolute atomic E-state index is 0.146. The van der Waals surface area contributed by atoms with Crippen molar-refractivity contribution in [1.82, 2.24) is 4.98 Å². The maximum absolute atomic E-state index is 13.2. The monoisotopic (exact) mass is 468 g/mol. The number of nitrogens with zero attached hydrogens (tertiary/aromatic N) is 2. The molecule has 166 valence electrons. The normalized spacial score (nSPS) is 11.7. The van der Waals surface area contributed by atoms with Crippen molar-refractivity contribution in [1.29, 1.82) is 0 Å². The molecule has 0 spiro atoms. The quantitative estimate of drug-likeness (QED) is 0.357. The molecular formula is C24H24N2O4S2. The summed E-state index contributed by atoms with van der Waals surface area (Å²) in [6.45, 7) is 4.18. The predicted molar refractivity (Wildman–Crippen MR) is 127 cm³/mol. The molecule has 2 aromatic heterocycles. The number of carbonyl (C=O) groups is 1. The number of aromatic nitrogens is 1. The highest BCUT2D eigenvalue weighted by Crippen LogP contribution is 2.31. The molecule has 0 saturated heterocycles. The Morgan fingerprint density at radius 1 is 1.12 bits per heavy atom. The van der Waals surface area contributed by atoms with Crippen molar-refractivity contribution in [2.75, 3.05) is 10.7 Å². The van der Waals surface area contributed by atoms with Crippen LogP contribution < -0.4 is 4.90 Å². The van der Waals surface area contributed by atoms with Gasteiger partial charge in [0.05, 0.1) is 33.7 Å². The number of rotatable bonds is 8. The van der Waals surface area contributed by atoms with Gasteiger partial charge >= 0.3 is 0 Å². The third-order valence-corrected chi connectivity index (χ3v) is 8.01. The van der Waals surface area contributed by atoms with Gasteiger partial charge in [-0.05, 0) is 55.3 Å². The Balaban J connectivity index is 1.58. The Labute approximate surface area is 191 Å². The topological polar surface area (TPSA) is 80.5 Å². The van der Waals surface area contributed by atoms with Gasteiger partial charge in [-0.25, -0.2) is 13.4 Å². The lowest BCUT2D eigenvalue weighted by atomic mass is 10.2. The molecular weight excluding hydrogens is 444 g/mol. The second-order valence-electron chi connectivity index (χ2n) is 7.59. The molecule has 4 rings (SSSR count). The van der Waals surface area contributed by atoms with Crippen LogP contribution in [0.25, 0.3) is 10.2 Å². The van der Waals surface area contributed by atoms with Crippen molar-refractivity contribution < 1.29 is 17.6 Å². The number of benzene rings is 2. The van der Waals surface area contributed by atoms with Gasteiger partial charge in [-0.15, -0.1) is 0 Å². The molecule has 0 bridgehead atoms. The number of furan rings is 1. The van der Waals surface area contributed by atoms with Crippen LogP contribution >= 0.6 is 11.3 Å². The van der Waals surface area contributed by atoms with E-state index in [2.05, 4.69) is 18.0 Å². The molecule has 6 nitrogen and oxygen atoms in total. The van der Waals surface area contributed by atoms with Gasteiger partial charge in [0, 0.05) is 6.42 Å². The van der Waals surface area contributed by atoms with Crippen LogP contribution in [0.5, 0.6) is 0 Å². The average molecular weight is 469 g/mol. The highest BCUT2D eigenvalue weighted by molar-refractivity contribution is 7.91. The van der Waals surface area contributed by atoms with Gasteiger partial charge < -0.3 is 4.42 Å². The zero-order chi connectivity index (χ0) is 22.7. The summed E-state index contributed by atoms with van der Waals surface area (Å²) in [6, 6.07) is 16.3. The van der Waals surface area contributed by atoms with Crippen LogP contribution in [0.1, 0.15) is 30.2 Å². The van der Waals surface area contributed by atoms with Crippen molar-refractivity contribution in [2.45, 2.75) is 38.1 Å². The molecule has 0 fully saturated rings. The molecule has 8 heteroatoms. The van der Waals surface area contributed by atoms with Crippen LogP contribution in [-0.4, -0.2) is 25.1 Å². The molecule has 0 aliphatic rings. The van der Waals surface area contributed by atoms with E-state index < -0.39 is 9.84 Å². The van der Waals surface area contributed by atoms with E-state index >= 15 is 0 Å². The lowest BCUT2D eigenvalue weighted by Gasteiger charge is -2.18. The largest absolute Gasteiger partial charge is 0.467 e. The zero-order valence-electron chi connectivity index (χ0n) is 17.9. The Kier molecular flexibility index (Phi) is 6.43. The number of sulfone groups is 1. The molecule has 0 saturated carbocycles. The van der Waals surface area contributed by atoms with Crippen LogP contribution in [0.2, 0.25) is 0 Å². The number of hydrogen-bond donors (Lipinski definition) is 0. The highest BCUT2D eigenvalue weighted by atomic mass is 32.2. The fourth-order valence-electron chi connectivity index (χ4n) is 3.33. The van der Waals surface area contributed by atoms with Crippen LogP contribution in [0.15, 0.2) is 70.2 Å². The minimum Gasteiger partial charge on any atom is -0.467 e. The van der Waals surface area contributed by atoms with E-state index in [1.165, 1.54) is 21.8 Å². The van der Waals surface area contributed by atoms with Crippen LogP contribution in [0, 0.1) is 6.92 Å². The Hall–Kier alpha value is -2.97. The van der Waals surface area contributed by atoms with Crippen molar-refractivity contribution in [3.8, 4) is 0 Å². The van der Waals surface area contributed by atoms with Crippen molar-refractivity contribution in [2.24, 2.45) is 0 Å². The molecule has 0 aliphatic heterocycles. The summed E-state index contributed by atoms with van der Waals surface area (Å²) in [5.74, 6) is 0.0223. The SMILES string of the molecule is CCc1ccc2nc(N(Cc3ccco3)C(=O)CCS(=O)(=O)c3ccc(C)cc3)sc2c1. The second kappa shape index (κ2) is 9.26. The molecule has 0 N–H and O–H groups in total. The summed E-state index contributed by atoms with van der Waals surface area (Å²) in [5.41, 5.74) is 2.99. The van der Waals surface area contributed by atoms with Crippen LogP contribution in [0.4, 0.5) is 5.13 Å². The fraction of sp³-hybridized carbons (Fsp3) is 0.250. The fourth-order valence-corrected chi connectivity index (χ4v) is 5.61. The smallest absolute Gasteiger partial charge is 0.230 e. The first kappa shape index (κ1) is 22.2. The molecule has 0 radical (unpaired) electrons. The van der Waals surface area contributed by atoms with Crippen LogP contribution in [0.3, 0.4) is 0 Å². The standard InChI is InChI=1S/C24H24N2O4S2/c1-3-18-8-11-21-22(15-18)31-24(25-21)26(16-19-5-4-13-30-19)23(27)12-14-32(28,29)20-9-6-17(2)7-10-20/h4-11,13,15H,3,12,14,16H2,1-2H3. The molecule has 0 atom stereocenters. The number of amides is 1. The number of hydrogen-bond acceptors (Lipinski definition) is 6. The third kappa shape index (κ3) is 4.92.